The van der Waals surface area contributed by atoms with Gasteiger partial charge in [0.25, 0.3) is 0 Å². The van der Waals surface area contributed by atoms with Crippen LogP contribution in [0.15, 0.2) is 23.5 Å². The van der Waals surface area contributed by atoms with Crippen LogP contribution < -0.4 is 0 Å². The topological polar surface area (TPSA) is 55.4 Å². The second-order valence-corrected chi connectivity index (χ2v) is 14.3. The summed E-state index contributed by atoms with van der Waals surface area (Å²) in [6.07, 6.45) is 16.2. The van der Waals surface area contributed by atoms with Crippen LogP contribution in [0.4, 0.5) is 0 Å². The molecule has 0 aromatic rings. The number of ether oxygens (including phenoxy) is 6. The lowest BCUT2D eigenvalue weighted by Gasteiger charge is -2.62. The van der Waals surface area contributed by atoms with E-state index in [0.717, 1.165) is 54.6 Å². The molecule has 3 saturated carbocycles. The number of allylic oxidation sites excluding steroid dienone is 4. The standard InChI is InChI=1S/C35H60O6/c1-25(2)9-8-10-26(3)29-11-12-30-28-22-33(41-24-39-20-18-37-7)32-21-27(40-23-38-19-17-36-6)13-15-35(32,5)31(28)14-16-34(29,30)4/h9,13,26,28-33H,8,10-12,14-24H2,1-7H3/t26-,28+,29-,30+,31+,32+,33+,34-,35-/m1/s1. The Labute approximate surface area is 250 Å². The van der Waals surface area contributed by atoms with Crippen molar-refractivity contribution in [2.75, 3.05) is 54.2 Å². The first-order chi connectivity index (χ1) is 19.7. The molecular formula is C35H60O6. The van der Waals surface area contributed by atoms with Gasteiger partial charge in [-0.05, 0) is 118 Å². The molecule has 3 fully saturated rings. The van der Waals surface area contributed by atoms with Crippen LogP contribution >= 0.6 is 0 Å². The molecule has 0 spiro atoms. The average molecular weight is 577 g/mol. The fourth-order valence-corrected chi connectivity index (χ4v) is 9.64. The third kappa shape index (κ3) is 7.60. The molecule has 236 valence electrons. The van der Waals surface area contributed by atoms with Crippen LogP contribution in [-0.2, 0) is 28.4 Å². The highest BCUT2D eigenvalue weighted by Gasteiger charge is 2.62. The van der Waals surface area contributed by atoms with E-state index in [9.17, 15) is 0 Å². The Bertz CT molecular complexity index is 867. The van der Waals surface area contributed by atoms with Crippen molar-refractivity contribution in [3.63, 3.8) is 0 Å². The minimum absolute atomic E-state index is 0.182. The van der Waals surface area contributed by atoms with Gasteiger partial charge in [-0.2, -0.15) is 0 Å². The summed E-state index contributed by atoms with van der Waals surface area (Å²) in [5, 5.41) is 0. The van der Waals surface area contributed by atoms with Crippen molar-refractivity contribution in [1.29, 1.82) is 0 Å². The van der Waals surface area contributed by atoms with E-state index < -0.39 is 0 Å². The van der Waals surface area contributed by atoms with Gasteiger partial charge < -0.3 is 28.4 Å². The summed E-state index contributed by atoms with van der Waals surface area (Å²) in [4.78, 5) is 0. The quantitative estimate of drug-likeness (QED) is 0.106. The number of hydrogen-bond donors (Lipinski definition) is 0. The summed E-state index contributed by atoms with van der Waals surface area (Å²) in [7, 11) is 3.40. The van der Waals surface area contributed by atoms with Gasteiger partial charge in [0.05, 0.1) is 38.3 Å². The van der Waals surface area contributed by atoms with Crippen molar-refractivity contribution in [2.24, 2.45) is 46.3 Å². The Balaban J connectivity index is 1.49. The molecule has 0 bridgehead atoms. The van der Waals surface area contributed by atoms with Crippen LogP contribution in [-0.4, -0.2) is 60.3 Å². The van der Waals surface area contributed by atoms with Gasteiger partial charge in [-0.3, -0.25) is 0 Å². The smallest absolute Gasteiger partial charge is 0.188 e. The fraction of sp³-hybridized carbons (Fsp3) is 0.886. The first-order valence-corrected chi connectivity index (χ1v) is 16.4. The fourth-order valence-electron chi connectivity index (χ4n) is 9.64. The molecule has 9 atom stereocenters. The van der Waals surface area contributed by atoms with Gasteiger partial charge in [-0.1, -0.05) is 32.4 Å². The van der Waals surface area contributed by atoms with Crippen molar-refractivity contribution in [2.45, 2.75) is 98.5 Å². The van der Waals surface area contributed by atoms with E-state index >= 15 is 0 Å². The third-order valence-corrected chi connectivity index (χ3v) is 11.8. The van der Waals surface area contributed by atoms with Gasteiger partial charge >= 0.3 is 0 Å². The lowest BCUT2D eigenvalue weighted by molar-refractivity contribution is -0.196. The Morgan fingerprint density at radius 3 is 2.34 bits per heavy atom. The maximum absolute atomic E-state index is 6.64. The van der Waals surface area contributed by atoms with Crippen molar-refractivity contribution in [3.05, 3.63) is 23.5 Å². The second kappa shape index (κ2) is 15.2. The highest BCUT2D eigenvalue weighted by atomic mass is 16.7. The van der Waals surface area contributed by atoms with Gasteiger partial charge in [0.15, 0.2) is 6.79 Å². The zero-order valence-corrected chi connectivity index (χ0v) is 27.3. The molecule has 0 unspecified atom stereocenters. The molecular weight excluding hydrogens is 516 g/mol. The molecule has 0 aromatic carbocycles. The highest BCUT2D eigenvalue weighted by molar-refractivity contribution is 5.16. The molecule has 0 aromatic heterocycles. The molecule has 4 rings (SSSR count). The number of hydrogen-bond acceptors (Lipinski definition) is 6. The zero-order valence-electron chi connectivity index (χ0n) is 27.3. The van der Waals surface area contributed by atoms with Crippen LogP contribution in [0.25, 0.3) is 0 Å². The van der Waals surface area contributed by atoms with Crippen molar-refractivity contribution in [1.82, 2.24) is 0 Å². The Morgan fingerprint density at radius 2 is 1.63 bits per heavy atom. The number of methoxy groups -OCH3 is 2. The molecule has 4 aliphatic carbocycles. The molecule has 4 aliphatic rings. The van der Waals surface area contributed by atoms with E-state index in [1.54, 1.807) is 14.2 Å². The molecule has 0 saturated heterocycles. The molecule has 6 heteroatoms. The molecule has 0 amide bonds. The Hall–Kier alpha value is -0.920. The predicted octanol–water partition coefficient (Wildman–Crippen LogP) is 7.77. The van der Waals surface area contributed by atoms with Gasteiger partial charge in [-0.25, -0.2) is 0 Å². The van der Waals surface area contributed by atoms with E-state index in [2.05, 4.69) is 46.8 Å². The largest absolute Gasteiger partial charge is 0.472 e. The monoisotopic (exact) mass is 576 g/mol. The van der Waals surface area contributed by atoms with Crippen LogP contribution in [0, 0.1) is 46.3 Å². The molecule has 0 N–H and O–H groups in total. The van der Waals surface area contributed by atoms with Crippen LogP contribution in [0.5, 0.6) is 0 Å². The number of rotatable bonds is 16. The highest BCUT2D eigenvalue weighted by Crippen LogP contribution is 2.68. The van der Waals surface area contributed by atoms with E-state index in [-0.39, 0.29) is 18.3 Å². The summed E-state index contributed by atoms with van der Waals surface area (Å²) in [5.41, 5.74) is 2.12. The normalized spacial score (nSPS) is 37.0. The van der Waals surface area contributed by atoms with Crippen LogP contribution in [0.3, 0.4) is 0 Å². The second-order valence-electron chi connectivity index (χ2n) is 14.3. The van der Waals surface area contributed by atoms with Gasteiger partial charge in [0, 0.05) is 20.6 Å². The van der Waals surface area contributed by atoms with Crippen molar-refractivity contribution in [3.8, 4) is 0 Å². The molecule has 6 nitrogen and oxygen atoms in total. The number of fused-ring (bicyclic) bond motifs is 5. The van der Waals surface area contributed by atoms with Crippen molar-refractivity contribution >= 4 is 0 Å². The zero-order chi connectivity index (χ0) is 29.5. The molecule has 0 heterocycles. The first kappa shape index (κ1) is 33.0. The third-order valence-electron chi connectivity index (χ3n) is 11.8. The van der Waals surface area contributed by atoms with E-state index in [4.69, 9.17) is 28.4 Å². The van der Waals surface area contributed by atoms with Crippen molar-refractivity contribution < 1.29 is 28.4 Å². The van der Waals surface area contributed by atoms with E-state index in [1.165, 1.54) is 44.1 Å². The molecule has 0 radical (unpaired) electrons. The molecule has 41 heavy (non-hydrogen) atoms. The van der Waals surface area contributed by atoms with Gasteiger partial charge in [0.2, 0.25) is 0 Å². The SMILES string of the molecule is COCCOCOC1=CC[C@]2(C)[C@H]3CC[C@]4(C)[C@@H]([C@H](C)CCC=C(C)C)CC[C@H]4[C@@H]3C[C@H](OCOCCOC)[C@@H]2C1. The lowest BCUT2D eigenvalue weighted by Crippen LogP contribution is -2.57. The van der Waals surface area contributed by atoms with E-state index in [0.29, 0.717) is 44.6 Å². The summed E-state index contributed by atoms with van der Waals surface area (Å²) in [6.45, 7) is 15.1. The van der Waals surface area contributed by atoms with E-state index in [1.807, 2.05) is 0 Å². The van der Waals surface area contributed by atoms with Crippen LogP contribution in [0.2, 0.25) is 0 Å². The minimum Gasteiger partial charge on any atom is -0.472 e. The summed E-state index contributed by atoms with van der Waals surface area (Å²) < 4.78 is 34.5. The minimum atomic E-state index is 0.182. The average Bonchev–Trinajstić information content (AvgIpc) is 3.30. The maximum Gasteiger partial charge on any atom is 0.188 e. The summed E-state index contributed by atoms with van der Waals surface area (Å²) in [6, 6.07) is 0. The molecule has 0 aliphatic heterocycles. The summed E-state index contributed by atoms with van der Waals surface area (Å²) in [5.74, 6) is 5.38. The van der Waals surface area contributed by atoms with Crippen LogP contribution in [0.1, 0.15) is 92.4 Å². The van der Waals surface area contributed by atoms with Gasteiger partial charge in [-0.15, -0.1) is 0 Å². The lowest BCUT2D eigenvalue weighted by atomic mass is 9.44. The maximum atomic E-state index is 6.64. The Kier molecular flexibility index (Phi) is 12.2. The predicted molar refractivity (Wildman–Crippen MR) is 163 cm³/mol. The summed E-state index contributed by atoms with van der Waals surface area (Å²) >= 11 is 0. The Morgan fingerprint density at radius 1 is 0.927 bits per heavy atom. The first-order valence-electron chi connectivity index (χ1n) is 16.4. The van der Waals surface area contributed by atoms with Gasteiger partial charge in [0.1, 0.15) is 6.79 Å².